The molecule has 4 rings (SSSR count). The van der Waals surface area contributed by atoms with Gasteiger partial charge in [0.05, 0.1) is 0 Å². The van der Waals surface area contributed by atoms with Gasteiger partial charge in [-0.15, -0.1) is 0 Å². The molecular formula is C16H12F2N4O. The average molecular weight is 314 g/mol. The van der Waals surface area contributed by atoms with E-state index in [0.717, 1.165) is 25.0 Å². The highest BCUT2D eigenvalue weighted by atomic mass is 19.2. The minimum absolute atomic E-state index is 0.00928. The van der Waals surface area contributed by atoms with Crippen molar-refractivity contribution in [1.29, 1.82) is 0 Å². The monoisotopic (exact) mass is 314 g/mol. The molecule has 0 atom stereocenters. The molecule has 0 aliphatic heterocycles. The number of hydrogen-bond donors (Lipinski definition) is 1. The van der Waals surface area contributed by atoms with Crippen molar-refractivity contribution in [2.45, 2.75) is 12.8 Å². The summed E-state index contributed by atoms with van der Waals surface area (Å²) in [6.45, 7) is 0. The molecule has 3 aromatic rings. The number of carbonyl (C=O) groups is 1. The van der Waals surface area contributed by atoms with E-state index < -0.39 is 11.6 Å². The number of imidazole rings is 1. The first-order valence-electron chi connectivity index (χ1n) is 7.23. The van der Waals surface area contributed by atoms with Crippen molar-refractivity contribution in [3.05, 3.63) is 48.3 Å². The lowest BCUT2D eigenvalue weighted by Crippen LogP contribution is -2.15. The lowest BCUT2D eigenvalue weighted by atomic mass is 10.1. The third kappa shape index (κ3) is 2.44. The Bertz CT molecular complexity index is 918. The zero-order valence-corrected chi connectivity index (χ0v) is 12.0. The first-order valence-corrected chi connectivity index (χ1v) is 7.23. The van der Waals surface area contributed by atoms with Gasteiger partial charge in [-0.3, -0.25) is 9.20 Å². The number of hydrogen-bond acceptors (Lipinski definition) is 3. The van der Waals surface area contributed by atoms with E-state index in [9.17, 15) is 13.6 Å². The van der Waals surface area contributed by atoms with Crippen LogP contribution in [0.3, 0.4) is 0 Å². The molecule has 1 amide bonds. The Labute approximate surface area is 130 Å². The molecule has 0 radical (unpaired) electrons. The van der Waals surface area contributed by atoms with Crippen LogP contribution in [0, 0.1) is 17.6 Å². The fourth-order valence-electron chi connectivity index (χ4n) is 2.42. The maximum absolute atomic E-state index is 13.5. The molecule has 1 saturated carbocycles. The van der Waals surface area contributed by atoms with E-state index in [-0.39, 0.29) is 11.8 Å². The van der Waals surface area contributed by atoms with E-state index in [1.165, 1.54) is 6.07 Å². The Morgan fingerprint density at radius 1 is 1.26 bits per heavy atom. The Morgan fingerprint density at radius 3 is 2.83 bits per heavy atom. The van der Waals surface area contributed by atoms with Gasteiger partial charge in [0.1, 0.15) is 11.5 Å². The predicted octanol–water partition coefficient (Wildman–Crippen LogP) is 3.02. The number of nitrogens with one attached hydrogen (secondary N) is 1. The molecule has 0 saturated heterocycles. The zero-order chi connectivity index (χ0) is 16.0. The molecule has 0 spiro atoms. The second kappa shape index (κ2) is 5.12. The number of fused-ring (bicyclic) bond motifs is 1. The maximum Gasteiger partial charge on any atom is 0.235 e. The highest BCUT2D eigenvalue weighted by molar-refractivity contribution is 5.97. The average Bonchev–Trinajstić information content (AvgIpc) is 3.34. The first kappa shape index (κ1) is 13.8. The van der Waals surface area contributed by atoms with E-state index in [1.807, 2.05) is 0 Å². The van der Waals surface area contributed by atoms with Gasteiger partial charge in [0.2, 0.25) is 11.7 Å². The Kier molecular flexibility index (Phi) is 3.07. The topological polar surface area (TPSA) is 59.3 Å². The molecule has 23 heavy (non-hydrogen) atoms. The normalized spacial score (nSPS) is 14.2. The summed E-state index contributed by atoms with van der Waals surface area (Å²) in [7, 11) is 0. The molecule has 2 heterocycles. The first-order chi connectivity index (χ1) is 11.1. The summed E-state index contributed by atoms with van der Waals surface area (Å²) in [5.74, 6) is -1.20. The van der Waals surface area contributed by atoms with Crippen molar-refractivity contribution in [2.24, 2.45) is 5.92 Å². The number of nitrogens with zero attached hydrogens (tertiary/aromatic N) is 3. The highest BCUT2D eigenvalue weighted by Crippen LogP contribution is 2.33. The predicted molar refractivity (Wildman–Crippen MR) is 79.7 cm³/mol. The molecule has 1 aliphatic rings. The van der Waals surface area contributed by atoms with Crippen LogP contribution in [0.15, 0.2) is 36.7 Å². The standard InChI is InChI=1S/C16H12F2N4O/c17-11-5-4-10(8-12(11)18)13-14(21-15(23)9-2-3-9)22-7-1-6-19-16(22)20-13/h1,4-9H,2-3H2,(H,21,23). The second-order valence-electron chi connectivity index (χ2n) is 5.49. The van der Waals surface area contributed by atoms with Gasteiger partial charge in [-0.25, -0.2) is 18.7 Å². The van der Waals surface area contributed by atoms with E-state index in [0.29, 0.717) is 22.9 Å². The van der Waals surface area contributed by atoms with Crippen LogP contribution in [0.4, 0.5) is 14.6 Å². The van der Waals surface area contributed by atoms with Gasteiger partial charge in [-0.1, -0.05) is 0 Å². The van der Waals surface area contributed by atoms with Gasteiger partial charge in [0.25, 0.3) is 0 Å². The molecule has 7 heteroatoms. The van der Waals surface area contributed by atoms with Crippen LogP contribution < -0.4 is 5.32 Å². The van der Waals surface area contributed by atoms with Crippen molar-refractivity contribution in [3.8, 4) is 11.3 Å². The molecule has 1 fully saturated rings. The Hall–Kier alpha value is -2.83. The van der Waals surface area contributed by atoms with E-state index in [1.54, 1.807) is 22.9 Å². The van der Waals surface area contributed by atoms with Crippen molar-refractivity contribution < 1.29 is 13.6 Å². The number of benzene rings is 1. The summed E-state index contributed by atoms with van der Waals surface area (Å²) in [5.41, 5.74) is 0.733. The van der Waals surface area contributed by atoms with Crippen LogP contribution in [0.25, 0.3) is 17.0 Å². The summed E-state index contributed by atoms with van der Waals surface area (Å²) in [6.07, 6.45) is 5.01. The lowest BCUT2D eigenvalue weighted by Gasteiger charge is -2.07. The van der Waals surface area contributed by atoms with Crippen LogP contribution >= 0.6 is 0 Å². The number of aromatic nitrogens is 3. The van der Waals surface area contributed by atoms with Gasteiger partial charge in [-0.2, -0.15) is 0 Å². The van der Waals surface area contributed by atoms with Gasteiger partial charge in [0.15, 0.2) is 11.6 Å². The van der Waals surface area contributed by atoms with Gasteiger partial charge in [0, 0.05) is 23.9 Å². The summed E-state index contributed by atoms with van der Waals surface area (Å²) in [4.78, 5) is 20.6. The number of carbonyl (C=O) groups excluding carboxylic acids is 1. The lowest BCUT2D eigenvalue weighted by molar-refractivity contribution is -0.117. The molecule has 5 nitrogen and oxygen atoms in total. The van der Waals surface area contributed by atoms with Crippen LogP contribution in [0.5, 0.6) is 0 Å². The molecule has 1 aromatic carbocycles. The fourth-order valence-corrected chi connectivity index (χ4v) is 2.42. The minimum Gasteiger partial charge on any atom is -0.310 e. The SMILES string of the molecule is O=C(Nc1c(-c2ccc(F)c(F)c2)nc2ncccn12)C1CC1. The Balaban J connectivity index is 1.86. The molecule has 1 N–H and O–H groups in total. The Morgan fingerprint density at radius 2 is 2.09 bits per heavy atom. The van der Waals surface area contributed by atoms with Crippen molar-refractivity contribution in [1.82, 2.24) is 14.4 Å². The zero-order valence-electron chi connectivity index (χ0n) is 12.0. The van der Waals surface area contributed by atoms with E-state index in [2.05, 4.69) is 15.3 Å². The largest absolute Gasteiger partial charge is 0.310 e. The van der Waals surface area contributed by atoms with Crippen LogP contribution in [-0.4, -0.2) is 20.3 Å². The molecular weight excluding hydrogens is 302 g/mol. The van der Waals surface area contributed by atoms with Crippen molar-refractivity contribution in [2.75, 3.05) is 5.32 Å². The van der Waals surface area contributed by atoms with Crippen LogP contribution in [0.2, 0.25) is 0 Å². The van der Waals surface area contributed by atoms with Gasteiger partial charge in [-0.05, 0) is 37.1 Å². The molecule has 0 unspecified atom stereocenters. The molecule has 2 aromatic heterocycles. The number of amides is 1. The third-order valence-electron chi connectivity index (χ3n) is 3.79. The maximum atomic E-state index is 13.5. The quantitative estimate of drug-likeness (QED) is 0.808. The van der Waals surface area contributed by atoms with Crippen LogP contribution in [0.1, 0.15) is 12.8 Å². The summed E-state index contributed by atoms with van der Waals surface area (Å²) >= 11 is 0. The summed E-state index contributed by atoms with van der Waals surface area (Å²) < 4.78 is 28.3. The molecule has 0 bridgehead atoms. The summed E-state index contributed by atoms with van der Waals surface area (Å²) in [6, 6.07) is 5.22. The van der Waals surface area contributed by atoms with Crippen LogP contribution in [-0.2, 0) is 4.79 Å². The minimum atomic E-state index is -0.966. The van der Waals surface area contributed by atoms with Gasteiger partial charge < -0.3 is 5.32 Å². The third-order valence-corrected chi connectivity index (χ3v) is 3.79. The van der Waals surface area contributed by atoms with E-state index >= 15 is 0 Å². The smallest absolute Gasteiger partial charge is 0.235 e. The van der Waals surface area contributed by atoms with Gasteiger partial charge >= 0.3 is 0 Å². The number of rotatable bonds is 3. The molecule has 116 valence electrons. The number of halogens is 2. The summed E-state index contributed by atoms with van der Waals surface area (Å²) in [5, 5.41) is 2.83. The van der Waals surface area contributed by atoms with E-state index in [4.69, 9.17) is 0 Å². The number of anilines is 1. The van der Waals surface area contributed by atoms with Crippen molar-refractivity contribution in [3.63, 3.8) is 0 Å². The fraction of sp³-hybridized carbons (Fsp3) is 0.188. The van der Waals surface area contributed by atoms with Crippen molar-refractivity contribution >= 4 is 17.5 Å². The highest BCUT2D eigenvalue weighted by Gasteiger charge is 2.31. The second-order valence-corrected chi connectivity index (χ2v) is 5.49. The molecule has 1 aliphatic carbocycles.